The molecule has 110 valence electrons. The first-order valence-electron chi connectivity index (χ1n) is 6.65. The zero-order valence-corrected chi connectivity index (χ0v) is 13.3. The van der Waals surface area contributed by atoms with Gasteiger partial charge in [0.2, 0.25) is 5.95 Å². The van der Waals surface area contributed by atoms with Crippen LogP contribution < -0.4 is 5.73 Å². The first-order valence-corrected chi connectivity index (χ1v) is 7.02. The fourth-order valence-electron chi connectivity index (χ4n) is 3.10. The molecule has 0 saturated carbocycles. The highest BCUT2D eigenvalue weighted by Crippen LogP contribution is 2.37. The predicted molar refractivity (Wildman–Crippen MR) is 82.5 cm³/mol. The van der Waals surface area contributed by atoms with Gasteiger partial charge in [-0.1, -0.05) is 32.4 Å². The fraction of sp³-hybridized carbons (Fsp3) is 0.533. The molecule has 0 aliphatic carbocycles. The molecule has 0 fully saturated rings. The zero-order valence-electron chi connectivity index (χ0n) is 12.6. The molecule has 2 rings (SSSR count). The molecule has 1 aromatic heterocycles. The number of aromatic nitrogens is 2. The van der Waals surface area contributed by atoms with Crippen molar-refractivity contribution in [3.05, 3.63) is 23.0 Å². The topological polar surface area (TPSA) is 43.8 Å². The van der Waals surface area contributed by atoms with Gasteiger partial charge in [0.15, 0.2) is 0 Å². The third-order valence-corrected chi connectivity index (χ3v) is 3.58. The Kier molecular flexibility index (Phi) is 3.49. The molecule has 0 amide bonds. The normalized spacial score (nSPS) is 13.2. The largest absolute Gasteiger partial charge is 0.369 e. The summed E-state index contributed by atoms with van der Waals surface area (Å²) in [5.74, 6) is -0.0669. The number of halogens is 2. The number of anilines is 1. The van der Waals surface area contributed by atoms with Crippen LogP contribution in [0.1, 0.15) is 41.0 Å². The Bertz CT molecular complexity index is 653. The van der Waals surface area contributed by atoms with Gasteiger partial charge in [-0.15, -0.1) is 0 Å². The van der Waals surface area contributed by atoms with Crippen LogP contribution in [-0.2, 0) is 5.54 Å². The smallest absolute Gasteiger partial charge is 0.201 e. The van der Waals surface area contributed by atoms with Crippen molar-refractivity contribution >= 4 is 28.6 Å². The second-order valence-electron chi connectivity index (χ2n) is 7.11. The molecule has 0 atom stereocenters. The van der Waals surface area contributed by atoms with Gasteiger partial charge < -0.3 is 10.3 Å². The maximum absolute atomic E-state index is 13.8. The fourth-order valence-corrected chi connectivity index (χ4v) is 3.26. The van der Waals surface area contributed by atoms with E-state index in [0.717, 1.165) is 6.42 Å². The van der Waals surface area contributed by atoms with Crippen LogP contribution >= 0.6 is 11.6 Å². The molecule has 0 unspecified atom stereocenters. The quantitative estimate of drug-likeness (QED) is 0.881. The lowest BCUT2D eigenvalue weighted by atomic mass is 9.81. The van der Waals surface area contributed by atoms with Gasteiger partial charge >= 0.3 is 0 Å². The van der Waals surface area contributed by atoms with E-state index in [2.05, 4.69) is 39.6 Å². The molecule has 0 aliphatic rings. The van der Waals surface area contributed by atoms with E-state index < -0.39 is 5.82 Å². The van der Waals surface area contributed by atoms with Gasteiger partial charge in [0, 0.05) is 11.6 Å². The Morgan fingerprint density at radius 2 is 1.85 bits per heavy atom. The standard InChI is InChI=1S/C15H21ClFN3/c1-14(2,3)8-15(4,5)20-12-7-10(17)9(16)6-11(12)19-13(20)18/h6-7H,8H2,1-5H3,(H2,18,19). The minimum atomic E-state index is -0.452. The lowest BCUT2D eigenvalue weighted by Crippen LogP contribution is -2.32. The highest BCUT2D eigenvalue weighted by atomic mass is 35.5. The molecular weight excluding hydrogens is 277 g/mol. The summed E-state index contributed by atoms with van der Waals surface area (Å²) >= 11 is 5.80. The van der Waals surface area contributed by atoms with E-state index in [-0.39, 0.29) is 16.0 Å². The molecule has 0 bridgehead atoms. The molecule has 1 aromatic carbocycles. The Morgan fingerprint density at radius 3 is 2.40 bits per heavy atom. The Morgan fingerprint density at radius 1 is 1.25 bits per heavy atom. The van der Waals surface area contributed by atoms with Gasteiger partial charge in [-0.2, -0.15) is 0 Å². The van der Waals surface area contributed by atoms with Gasteiger partial charge in [0.1, 0.15) is 5.82 Å². The highest BCUT2D eigenvalue weighted by molar-refractivity contribution is 6.31. The minimum Gasteiger partial charge on any atom is -0.369 e. The van der Waals surface area contributed by atoms with Crippen LogP contribution in [0.5, 0.6) is 0 Å². The van der Waals surface area contributed by atoms with E-state index in [0.29, 0.717) is 17.0 Å². The molecule has 1 heterocycles. The zero-order chi connectivity index (χ0) is 15.3. The van der Waals surface area contributed by atoms with Crippen molar-refractivity contribution in [2.75, 3.05) is 5.73 Å². The van der Waals surface area contributed by atoms with Crippen molar-refractivity contribution in [1.29, 1.82) is 0 Å². The van der Waals surface area contributed by atoms with Crippen molar-refractivity contribution in [2.45, 2.75) is 46.6 Å². The number of fused-ring (bicyclic) bond motifs is 1. The number of nitrogens with two attached hydrogens (primary N) is 1. The van der Waals surface area contributed by atoms with Gasteiger partial charge in [-0.05, 0) is 31.7 Å². The van der Waals surface area contributed by atoms with Crippen LogP contribution in [-0.4, -0.2) is 9.55 Å². The van der Waals surface area contributed by atoms with Crippen LogP contribution in [0.2, 0.25) is 5.02 Å². The number of rotatable bonds is 2. The van der Waals surface area contributed by atoms with Gasteiger partial charge in [0.25, 0.3) is 0 Å². The summed E-state index contributed by atoms with van der Waals surface area (Å²) in [6.07, 6.45) is 0.889. The van der Waals surface area contributed by atoms with Crippen molar-refractivity contribution in [2.24, 2.45) is 5.41 Å². The van der Waals surface area contributed by atoms with E-state index >= 15 is 0 Å². The summed E-state index contributed by atoms with van der Waals surface area (Å²) in [5, 5.41) is 0.0655. The highest BCUT2D eigenvalue weighted by Gasteiger charge is 2.30. The molecule has 0 radical (unpaired) electrons. The maximum Gasteiger partial charge on any atom is 0.201 e. The molecular formula is C15H21ClFN3. The van der Waals surface area contributed by atoms with E-state index in [4.69, 9.17) is 17.3 Å². The van der Waals surface area contributed by atoms with Crippen molar-refractivity contribution in [1.82, 2.24) is 9.55 Å². The number of hydrogen-bond donors (Lipinski definition) is 1. The lowest BCUT2D eigenvalue weighted by Gasteiger charge is -2.34. The first-order chi connectivity index (χ1) is 9.01. The molecule has 20 heavy (non-hydrogen) atoms. The number of nitrogens with zero attached hydrogens (tertiary/aromatic N) is 2. The monoisotopic (exact) mass is 297 g/mol. The second kappa shape index (κ2) is 4.62. The molecule has 0 saturated heterocycles. The number of benzene rings is 1. The van der Waals surface area contributed by atoms with Crippen LogP contribution in [0.4, 0.5) is 10.3 Å². The SMILES string of the molecule is CC(C)(C)CC(C)(C)n1c(N)nc2cc(Cl)c(F)cc21. The summed E-state index contributed by atoms with van der Waals surface area (Å²) in [7, 11) is 0. The summed E-state index contributed by atoms with van der Waals surface area (Å²) in [4.78, 5) is 4.30. The minimum absolute atomic E-state index is 0.0655. The maximum atomic E-state index is 13.8. The Balaban J connectivity index is 2.64. The van der Waals surface area contributed by atoms with Crippen molar-refractivity contribution in [3.8, 4) is 0 Å². The first kappa shape index (κ1) is 15.1. The van der Waals surface area contributed by atoms with Crippen LogP contribution in [0.3, 0.4) is 0 Å². The third kappa shape index (κ3) is 2.75. The van der Waals surface area contributed by atoms with E-state index in [9.17, 15) is 4.39 Å². The number of hydrogen-bond acceptors (Lipinski definition) is 2. The molecule has 2 N–H and O–H groups in total. The number of imidazole rings is 1. The van der Waals surface area contributed by atoms with E-state index in [1.54, 1.807) is 0 Å². The average molecular weight is 298 g/mol. The summed E-state index contributed by atoms with van der Waals surface area (Å²) in [6, 6.07) is 2.93. The Labute approximate surface area is 123 Å². The summed E-state index contributed by atoms with van der Waals surface area (Å²) < 4.78 is 15.6. The molecule has 2 aromatic rings. The van der Waals surface area contributed by atoms with Crippen LogP contribution in [0, 0.1) is 11.2 Å². The van der Waals surface area contributed by atoms with Crippen LogP contribution in [0.15, 0.2) is 12.1 Å². The van der Waals surface area contributed by atoms with Gasteiger partial charge in [0.05, 0.1) is 16.1 Å². The van der Waals surface area contributed by atoms with Gasteiger partial charge in [-0.3, -0.25) is 0 Å². The third-order valence-electron chi connectivity index (χ3n) is 3.29. The molecule has 0 aliphatic heterocycles. The number of nitrogen functional groups attached to an aromatic ring is 1. The predicted octanol–water partition coefficient (Wildman–Crippen LogP) is 4.58. The van der Waals surface area contributed by atoms with Crippen LogP contribution in [0.25, 0.3) is 11.0 Å². The average Bonchev–Trinajstić information content (AvgIpc) is 2.51. The lowest BCUT2D eigenvalue weighted by molar-refractivity contribution is 0.222. The van der Waals surface area contributed by atoms with Gasteiger partial charge in [-0.25, -0.2) is 9.37 Å². The molecule has 3 nitrogen and oxygen atoms in total. The van der Waals surface area contributed by atoms with E-state index in [1.807, 2.05) is 4.57 Å². The Hall–Kier alpha value is -1.29. The van der Waals surface area contributed by atoms with Crippen molar-refractivity contribution < 1.29 is 4.39 Å². The van der Waals surface area contributed by atoms with Crippen molar-refractivity contribution in [3.63, 3.8) is 0 Å². The molecule has 0 spiro atoms. The summed E-state index contributed by atoms with van der Waals surface area (Å²) in [5.41, 5.74) is 7.20. The summed E-state index contributed by atoms with van der Waals surface area (Å²) in [6.45, 7) is 10.7. The second-order valence-corrected chi connectivity index (χ2v) is 7.52. The van der Waals surface area contributed by atoms with E-state index in [1.165, 1.54) is 12.1 Å². The molecule has 5 heteroatoms.